The summed E-state index contributed by atoms with van der Waals surface area (Å²) in [6, 6.07) is 14.0. The molecule has 0 fully saturated rings. The zero-order valence-corrected chi connectivity index (χ0v) is 14.4. The van der Waals surface area contributed by atoms with Gasteiger partial charge >= 0.3 is 0 Å². The maximum absolute atomic E-state index is 11.0. The van der Waals surface area contributed by atoms with Crippen LogP contribution in [0.15, 0.2) is 42.5 Å². The standard InChI is InChI=1S/C19H24N2O3/c1-14-4-6-15(7-5-14)13-24-17-9-8-16(10-18(17)23-3)11-21(2)12-19(20)22/h4-10H,11-13H2,1-3H3,(H2,20,22). The maximum atomic E-state index is 11.0. The Morgan fingerprint density at radius 1 is 1.08 bits per heavy atom. The third-order valence-corrected chi connectivity index (χ3v) is 3.62. The summed E-state index contributed by atoms with van der Waals surface area (Å²) in [5.41, 5.74) is 8.56. The van der Waals surface area contributed by atoms with Crippen LogP contribution in [0.4, 0.5) is 0 Å². The number of rotatable bonds is 8. The summed E-state index contributed by atoms with van der Waals surface area (Å²) in [6.07, 6.45) is 0. The van der Waals surface area contributed by atoms with E-state index < -0.39 is 0 Å². The molecule has 0 bridgehead atoms. The van der Waals surface area contributed by atoms with Gasteiger partial charge in [-0.1, -0.05) is 35.9 Å². The fourth-order valence-electron chi connectivity index (χ4n) is 2.41. The Morgan fingerprint density at radius 3 is 2.38 bits per heavy atom. The highest BCUT2D eigenvalue weighted by atomic mass is 16.5. The molecule has 2 rings (SSSR count). The van der Waals surface area contributed by atoms with Gasteiger partial charge in [0, 0.05) is 6.54 Å². The number of amides is 1. The Kier molecular flexibility index (Phi) is 6.21. The molecule has 2 aromatic carbocycles. The zero-order chi connectivity index (χ0) is 17.5. The molecule has 5 nitrogen and oxygen atoms in total. The lowest BCUT2D eigenvalue weighted by molar-refractivity contribution is -0.118. The minimum Gasteiger partial charge on any atom is -0.493 e. The molecule has 0 spiro atoms. The summed E-state index contributed by atoms with van der Waals surface area (Å²) in [5, 5.41) is 0. The van der Waals surface area contributed by atoms with Gasteiger partial charge in [-0.25, -0.2) is 0 Å². The molecule has 0 aliphatic heterocycles. The normalized spacial score (nSPS) is 10.7. The topological polar surface area (TPSA) is 64.8 Å². The van der Waals surface area contributed by atoms with Crippen LogP contribution in [-0.2, 0) is 17.9 Å². The number of aryl methyl sites for hydroxylation is 1. The van der Waals surface area contributed by atoms with Gasteiger partial charge in [0.25, 0.3) is 0 Å². The minimum absolute atomic E-state index is 0.216. The van der Waals surface area contributed by atoms with Gasteiger partial charge in [0.05, 0.1) is 13.7 Å². The van der Waals surface area contributed by atoms with Crippen molar-refractivity contribution in [3.05, 3.63) is 59.2 Å². The van der Waals surface area contributed by atoms with Crippen molar-refractivity contribution in [2.75, 3.05) is 20.7 Å². The predicted octanol–water partition coefficient (Wildman–Crippen LogP) is 2.50. The predicted molar refractivity (Wildman–Crippen MR) is 94.0 cm³/mol. The third-order valence-electron chi connectivity index (χ3n) is 3.62. The third kappa shape index (κ3) is 5.28. The molecule has 0 heterocycles. The number of carbonyl (C=O) groups is 1. The van der Waals surface area contributed by atoms with Crippen LogP contribution in [0.5, 0.6) is 11.5 Å². The van der Waals surface area contributed by atoms with E-state index >= 15 is 0 Å². The molecule has 0 aromatic heterocycles. The van der Waals surface area contributed by atoms with Crippen LogP contribution in [0.25, 0.3) is 0 Å². The highest BCUT2D eigenvalue weighted by Crippen LogP contribution is 2.29. The van der Waals surface area contributed by atoms with Crippen LogP contribution in [0.3, 0.4) is 0 Å². The van der Waals surface area contributed by atoms with Gasteiger partial charge in [-0.2, -0.15) is 0 Å². The Hall–Kier alpha value is -2.53. The molecule has 24 heavy (non-hydrogen) atoms. The van der Waals surface area contributed by atoms with Gasteiger partial charge in [0.1, 0.15) is 6.61 Å². The van der Waals surface area contributed by atoms with E-state index in [0.717, 1.165) is 11.1 Å². The fourth-order valence-corrected chi connectivity index (χ4v) is 2.41. The molecule has 0 unspecified atom stereocenters. The summed E-state index contributed by atoms with van der Waals surface area (Å²) in [4.78, 5) is 12.8. The van der Waals surface area contributed by atoms with Crippen molar-refractivity contribution >= 4 is 5.91 Å². The van der Waals surface area contributed by atoms with Gasteiger partial charge < -0.3 is 15.2 Å². The zero-order valence-electron chi connectivity index (χ0n) is 14.4. The number of benzene rings is 2. The van der Waals surface area contributed by atoms with E-state index in [1.54, 1.807) is 7.11 Å². The second kappa shape index (κ2) is 8.36. The van der Waals surface area contributed by atoms with E-state index in [0.29, 0.717) is 24.7 Å². The summed E-state index contributed by atoms with van der Waals surface area (Å²) < 4.78 is 11.3. The van der Waals surface area contributed by atoms with Crippen molar-refractivity contribution in [2.45, 2.75) is 20.1 Å². The van der Waals surface area contributed by atoms with Crippen LogP contribution in [-0.4, -0.2) is 31.5 Å². The maximum Gasteiger partial charge on any atom is 0.231 e. The highest BCUT2D eigenvalue weighted by Gasteiger charge is 2.09. The molecule has 0 saturated heterocycles. The number of carbonyl (C=O) groups excluding carboxylic acids is 1. The summed E-state index contributed by atoms with van der Waals surface area (Å²) in [5.74, 6) is 1.02. The number of ether oxygens (including phenoxy) is 2. The highest BCUT2D eigenvalue weighted by molar-refractivity contribution is 5.75. The minimum atomic E-state index is -0.345. The molecule has 0 atom stereocenters. The number of likely N-dealkylation sites (N-methyl/N-ethyl adjacent to an activating group) is 1. The molecule has 0 aliphatic carbocycles. The first-order valence-electron chi connectivity index (χ1n) is 7.80. The molecule has 128 valence electrons. The first-order chi connectivity index (χ1) is 11.5. The molecular weight excluding hydrogens is 304 g/mol. The Morgan fingerprint density at radius 2 is 1.75 bits per heavy atom. The summed E-state index contributed by atoms with van der Waals surface area (Å²) >= 11 is 0. The number of primary amides is 1. The Labute approximate surface area is 143 Å². The molecule has 2 aromatic rings. The van der Waals surface area contributed by atoms with Gasteiger partial charge in [0.15, 0.2) is 11.5 Å². The van der Waals surface area contributed by atoms with E-state index in [9.17, 15) is 4.79 Å². The first kappa shape index (κ1) is 17.8. The van der Waals surface area contributed by atoms with Gasteiger partial charge in [-0.3, -0.25) is 9.69 Å². The summed E-state index contributed by atoms with van der Waals surface area (Å²) in [6.45, 7) is 3.37. The van der Waals surface area contributed by atoms with Gasteiger partial charge in [0.2, 0.25) is 5.91 Å². The van der Waals surface area contributed by atoms with Crippen molar-refractivity contribution < 1.29 is 14.3 Å². The second-order valence-electron chi connectivity index (χ2n) is 5.90. The van der Waals surface area contributed by atoms with Crippen LogP contribution < -0.4 is 15.2 Å². The largest absolute Gasteiger partial charge is 0.493 e. The van der Waals surface area contributed by atoms with Crippen molar-refractivity contribution in [1.82, 2.24) is 4.90 Å². The lowest BCUT2D eigenvalue weighted by Crippen LogP contribution is -2.30. The molecule has 0 aliphatic rings. The molecule has 5 heteroatoms. The van der Waals surface area contributed by atoms with Crippen molar-refractivity contribution in [3.63, 3.8) is 0 Å². The Balaban J connectivity index is 2.02. The van der Waals surface area contributed by atoms with Gasteiger partial charge in [-0.15, -0.1) is 0 Å². The monoisotopic (exact) mass is 328 g/mol. The number of nitrogens with zero attached hydrogens (tertiary/aromatic N) is 1. The van der Waals surface area contributed by atoms with E-state index in [1.165, 1.54) is 5.56 Å². The van der Waals surface area contributed by atoms with E-state index in [2.05, 4.69) is 31.2 Å². The van der Waals surface area contributed by atoms with Crippen LogP contribution >= 0.6 is 0 Å². The van der Waals surface area contributed by atoms with Crippen LogP contribution in [0, 0.1) is 6.92 Å². The second-order valence-corrected chi connectivity index (χ2v) is 5.90. The number of methoxy groups -OCH3 is 1. The molecule has 2 N–H and O–H groups in total. The number of nitrogens with two attached hydrogens (primary N) is 1. The SMILES string of the molecule is COc1cc(CN(C)CC(N)=O)ccc1OCc1ccc(C)cc1. The van der Waals surface area contributed by atoms with Crippen LogP contribution in [0.1, 0.15) is 16.7 Å². The number of hydrogen-bond acceptors (Lipinski definition) is 4. The van der Waals surface area contributed by atoms with Crippen molar-refractivity contribution in [1.29, 1.82) is 0 Å². The van der Waals surface area contributed by atoms with Crippen molar-refractivity contribution in [2.24, 2.45) is 5.73 Å². The lowest BCUT2D eigenvalue weighted by Gasteiger charge is -2.16. The lowest BCUT2D eigenvalue weighted by atomic mass is 10.1. The smallest absolute Gasteiger partial charge is 0.231 e. The molecule has 1 amide bonds. The van der Waals surface area contributed by atoms with E-state index in [-0.39, 0.29) is 12.5 Å². The quantitative estimate of drug-likeness (QED) is 0.808. The van der Waals surface area contributed by atoms with Gasteiger partial charge in [-0.05, 0) is 37.2 Å². The first-order valence-corrected chi connectivity index (χ1v) is 7.80. The van der Waals surface area contributed by atoms with E-state index in [4.69, 9.17) is 15.2 Å². The molecule has 0 saturated carbocycles. The van der Waals surface area contributed by atoms with Crippen LogP contribution in [0.2, 0.25) is 0 Å². The average Bonchev–Trinajstić information content (AvgIpc) is 2.54. The fraction of sp³-hybridized carbons (Fsp3) is 0.316. The van der Waals surface area contributed by atoms with Crippen molar-refractivity contribution in [3.8, 4) is 11.5 Å². The van der Waals surface area contributed by atoms with E-state index in [1.807, 2.05) is 30.1 Å². The number of hydrogen-bond donors (Lipinski definition) is 1. The molecule has 0 radical (unpaired) electrons. The summed E-state index contributed by atoms with van der Waals surface area (Å²) in [7, 11) is 3.46. The Bertz CT molecular complexity index is 684. The molecular formula is C19H24N2O3. The average molecular weight is 328 g/mol.